The van der Waals surface area contributed by atoms with Crippen molar-refractivity contribution in [2.45, 2.75) is 25.4 Å². The van der Waals surface area contributed by atoms with Crippen LogP contribution in [0.15, 0.2) is 48.5 Å². The first-order valence-corrected chi connectivity index (χ1v) is 6.93. The van der Waals surface area contributed by atoms with Gasteiger partial charge in [0.1, 0.15) is 17.7 Å². The van der Waals surface area contributed by atoms with Crippen LogP contribution in [-0.2, 0) is 6.42 Å². The minimum atomic E-state index is 0.0460. The van der Waals surface area contributed by atoms with E-state index in [1.54, 1.807) is 0 Å². The number of hydrogen-bond acceptors (Lipinski definition) is 2. The van der Waals surface area contributed by atoms with Gasteiger partial charge in [0, 0.05) is 0 Å². The Hall–Kier alpha value is -2.29. The zero-order chi connectivity index (χ0) is 13.9. The highest BCUT2D eigenvalue weighted by Gasteiger charge is 2.22. The molecule has 102 valence electrons. The van der Waals surface area contributed by atoms with Gasteiger partial charge in [0.05, 0.1) is 5.56 Å². The van der Waals surface area contributed by atoms with Gasteiger partial charge in [0.25, 0.3) is 0 Å². The summed E-state index contributed by atoms with van der Waals surface area (Å²) in [6.45, 7) is 0. The molecule has 3 heteroatoms. The van der Waals surface area contributed by atoms with Crippen LogP contribution in [0.5, 0.6) is 5.75 Å². The molecule has 0 heterocycles. The molecule has 0 spiro atoms. The van der Waals surface area contributed by atoms with Crippen LogP contribution >= 0.6 is 0 Å². The fourth-order valence-electron chi connectivity index (χ4n) is 2.78. The highest BCUT2D eigenvalue weighted by Crippen LogP contribution is 2.34. The van der Waals surface area contributed by atoms with Crippen molar-refractivity contribution in [2.24, 2.45) is 5.73 Å². The Bertz CT molecular complexity index is 636. The van der Waals surface area contributed by atoms with E-state index in [0.717, 1.165) is 19.3 Å². The third-order valence-electron chi connectivity index (χ3n) is 3.76. The van der Waals surface area contributed by atoms with E-state index >= 15 is 0 Å². The number of nitrogens with one attached hydrogen (secondary N) is 1. The Kier molecular flexibility index (Phi) is 3.42. The van der Waals surface area contributed by atoms with Crippen molar-refractivity contribution in [3.05, 3.63) is 65.2 Å². The maximum atomic E-state index is 7.64. The molecule has 0 saturated carbocycles. The molecule has 0 aromatic heterocycles. The number of benzene rings is 2. The molecule has 1 aliphatic carbocycles. The smallest absolute Gasteiger partial charge is 0.131 e. The number of rotatable bonds is 3. The SMILES string of the molecule is N=C(N)c1ccccc1OC1CCCc2ccccc21. The molecule has 0 bridgehead atoms. The predicted octanol–water partition coefficient (Wildman–Crippen LogP) is 3.43. The third-order valence-corrected chi connectivity index (χ3v) is 3.76. The molecule has 3 nitrogen and oxygen atoms in total. The molecule has 0 aliphatic heterocycles. The second-order valence-corrected chi connectivity index (χ2v) is 5.11. The summed E-state index contributed by atoms with van der Waals surface area (Å²) in [4.78, 5) is 0. The summed E-state index contributed by atoms with van der Waals surface area (Å²) >= 11 is 0. The summed E-state index contributed by atoms with van der Waals surface area (Å²) in [5.74, 6) is 0.742. The van der Waals surface area contributed by atoms with Crippen LogP contribution in [0.3, 0.4) is 0 Å². The van der Waals surface area contributed by atoms with E-state index in [1.807, 2.05) is 24.3 Å². The zero-order valence-electron chi connectivity index (χ0n) is 11.3. The van der Waals surface area contributed by atoms with E-state index in [4.69, 9.17) is 15.9 Å². The predicted molar refractivity (Wildman–Crippen MR) is 80.2 cm³/mol. The van der Waals surface area contributed by atoms with Gasteiger partial charge in [-0.25, -0.2) is 0 Å². The zero-order valence-corrected chi connectivity index (χ0v) is 11.3. The molecule has 0 radical (unpaired) electrons. The summed E-state index contributed by atoms with van der Waals surface area (Å²) in [7, 11) is 0. The Morgan fingerprint density at radius 3 is 2.70 bits per heavy atom. The number of nitrogens with two attached hydrogens (primary N) is 1. The van der Waals surface area contributed by atoms with Gasteiger partial charge in [-0.2, -0.15) is 0 Å². The lowest BCUT2D eigenvalue weighted by Gasteiger charge is -2.27. The van der Waals surface area contributed by atoms with E-state index in [9.17, 15) is 0 Å². The summed E-state index contributed by atoms with van der Waals surface area (Å²) in [6, 6.07) is 15.9. The van der Waals surface area contributed by atoms with Gasteiger partial charge < -0.3 is 10.5 Å². The molecule has 1 atom stereocenters. The molecular weight excluding hydrogens is 248 g/mol. The first-order chi connectivity index (χ1) is 9.75. The minimum Gasteiger partial charge on any atom is -0.485 e. The van der Waals surface area contributed by atoms with E-state index < -0.39 is 0 Å². The van der Waals surface area contributed by atoms with Crippen molar-refractivity contribution >= 4 is 5.84 Å². The van der Waals surface area contributed by atoms with Gasteiger partial charge in [-0.1, -0.05) is 36.4 Å². The van der Waals surface area contributed by atoms with Crippen molar-refractivity contribution in [1.82, 2.24) is 0 Å². The number of hydrogen-bond donors (Lipinski definition) is 2. The lowest BCUT2D eigenvalue weighted by Crippen LogP contribution is -2.18. The molecule has 0 amide bonds. The van der Waals surface area contributed by atoms with Crippen molar-refractivity contribution < 1.29 is 4.74 Å². The van der Waals surface area contributed by atoms with Crippen LogP contribution in [0.1, 0.15) is 35.6 Å². The average molecular weight is 266 g/mol. The minimum absolute atomic E-state index is 0.0460. The summed E-state index contributed by atoms with van der Waals surface area (Å²) < 4.78 is 6.15. The summed E-state index contributed by atoms with van der Waals surface area (Å²) in [6.07, 6.45) is 3.30. The van der Waals surface area contributed by atoms with Gasteiger partial charge in [-0.05, 0) is 42.5 Å². The number of fused-ring (bicyclic) bond motifs is 1. The molecule has 2 aromatic rings. The quantitative estimate of drug-likeness (QED) is 0.660. The Morgan fingerprint density at radius 2 is 1.85 bits per heavy atom. The highest BCUT2D eigenvalue weighted by molar-refractivity contribution is 5.97. The standard InChI is InChI=1S/C17H18N2O/c18-17(19)14-9-3-4-10-16(14)20-15-11-5-7-12-6-1-2-8-13(12)15/h1-4,6,8-10,15H,5,7,11H2,(H3,18,19). The van der Waals surface area contributed by atoms with Gasteiger partial charge in [-0.3, -0.25) is 5.41 Å². The molecule has 0 saturated heterocycles. The topological polar surface area (TPSA) is 59.1 Å². The first-order valence-electron chi connectivity index (χ1n) is 6.93. The monoisotopic (exact) mass is 266 g/mol. The van der Waals surface area contributed by atoms with Gasteiger partial charge in [-0.15, -0.1) is 0 Å². The van der Waals surface area contributed by atoms with Crippen molar-refractivity contribution in [1.29, 1.82) is 5.41 Å². The van der Waals surface area contributed by atoms with E-state index in [1.165, 1.54) is 11.1 Å². The second-order valence-electron chi connectivity index (χ2n) is 5.11. The number of aryl methyl sites for hydroxylation is 1. The molecule has 2 aromatic carbocycles. The number of nitrogen functional groups attached to an aromatic ring is 1. The molecule has 1 unspecified atom stereocenters. The van der Waals surface area contributed by atoms with Gasteiger partial charge >= 0.3 is 0 Å². The van der Waals surface area contributed by atoms with Crippen LogP contribution in [0.2, 0.25) is 0 Å². The van der Waals surface area contributed by atoms with E-state index in [2.05, 4.69) is 24.3 Å². The van der Waals surface area contributed by atoms with Crippen molar-refractivity contribution in [3.63, 3.8) is 0 Å². The normalized spacial score (nSPS) is 17.3. The second kappa shape index (κ2) is 5.37. The average Bonchev–Trinajstić information content (AvgIpc) is 2.48. The molecule has 20 heavy (non-hydrogen) atoms. The fourth-order valence-corrected chi connectivity index (χ4v) is 2.78. The molecule has 0 fully saturated rings. The number of amidine groups is 1. The molecule has 1 aliphatic rings. The van der Waals surface area contributed by atoms with E-state index in [0.29, 0.717) is 11.3 Å². The van der Waals surface area contributed by atoms with Crippen LogP contribution in [-0.4, -0.2) is 5.84 Å². The highest BCUT2D eigenvalue weighted by atomic mass is 16.5. The Morgan fingerprint density at radius 1 is 1.10 bits per heavy atom. The number of ether oxygens (including phenoxy) is 1. The van der Waals surface area contributed by atoms with Crippen molar-refractivity contribution in [3.8, 4) is 5.75 Å². The maximum absolute atomic E-state index is 7.64. The lowest BCUT2D eigenvalue weighted by molar-refractivity contribution is 0.183. The van der Waals surface area contributed by atoms with Crippen LogP contribution in [0.4, 0.5) is 0 Å². The maximum Gasteiger partial charge on any atom is 0.131 e. The third kappa shape index (κ3) is 2.39. The van der Waals surface area contributed by atoms with Crippen molar-refractivity contribution in [2.75, 3.05) is 0 Å². The largest absolute Gasteiger partial charge is 0.485 e. The van der Waals surface area contributed by atoms with Crippen LogP contribution < -0.4 is 10.5 Å². The van der Waals surface area contributed by atoms with Gasteiger partial charge in [0.2, 0.25) is 0 Å². The Labute approximate surface area is 118 Å². The van der Waals surface area contributed by atoms with Crippen LogP contribution in [0, 0.1) is 5.41 Å². The molecular formula is C17H18N2O. The van der Waals surface area contributed by atoms with E-state index in [-0.39, 0.29) is 11.9 Å². The molecule has 3 rings (SSSR count). The van der Waals surface area contributed by atoms with Gasteiger partial charge in [0.15, 0.2) is 0 Å². The Balaban J connectivity index is 1.92. The number of para-hydroxylation sites is 1. The van der Waals surface area contributed by atoms with Crippen LogP contribution in [0.25, 0.3) is 0 Å². The summed E-state index contributed by atoms with van der Waals surface area (Å²) in [5.41, 5.74) is 8.91. The lowest BCUT2D eigenvalue weighted by atomic mass is 9.89. The fraction of sp³-hybridized carbons (Fsp3) is 0.235. The molecule has 3 N–H and O–H groups in total. The first kappa shape index (κ1) is 12.7. The summed E-state index contributed by atoms with van der Waals surface area (Å²) in [5, 5.41) is 7.64.